The van der Waals surface area contributed by atoms with E-state index in [1.165, 1.54) is 6.42 Å². The molecule has 0 saturated carbocycles. The van der Waals surface area contributed by atoms with E-state index in [1.54, 1.807) is 6.08 Å². The number of hydrogen-bond donors (Lipinski definition) is 1. The minimum atomic E-state index is 0.0312. The van der Waals surface area contributed by atoms with Crippen molar-refractivity contribution in [3.05, 3.63) is 12.7 Å². The van der Waals surface area contributed by atoms with Gasteiger partial charge in [0.1, 0.15) is 0 Å². The Bertz CT molecular complexity index is 234. The Labute approximate surface area is 98.3 Å². The van der Waals surface area contributed by atoms with Gasteiger partial charge in [0.25, 0.3) is 0 Å². The molecule has 0 aromatic carbocycles. The van der Waals surface area contributed by atoms with Crippen molar-refractivity contribution in [2.24, 2.45) is 0 Å². The number of hydrogen-bond acceptors (Lipinski definition) is 2. The van der Waals surface area contributed by atoms with Gasteiger partial charge in [-0.3, -0.25) is 4.90 Å². The fourth-order valence-corrected chi connectivity index (χ4v) is 1.90. The molecule has 0 spiro atoms. The number of urea groups is 1. The van der Waals surface area contributed by atoms with Gasteiger partial charge < -0.3 is 10.2 Å². The van der Waals surface area contributed by atoms with Crippen molar-refractivity contribution in [2.45, 2.75) is 26.3 Å². The van der Waals surface area contributed by atoms with Crippen LogP contribution in [0.5, 0.6) is 0 Å². The molecule has 0 aromatic rings. The van der Waals surface area contributed by atoms with Crippen LogP contribution in [0.25, 0.3) is 0 Å². The van der Waals surface area contributed by atoms with Crippen LogP contribution in [-0.4, -0.2) is 54.6 Å². The number of rotatable bonds is 4. The summed E-state index contributed by atoms with van der Waals surface area (Å²) >= 11 is 0. The average Bonchev–Trinajstić information content (AvgIpc) is 2.35. The summed E-state index contributed by atoms with van der Waals surface area (Å²) in [4.78, 5) is 16.0. The highest BCUT2D eigenvalue weighted by atomic mass is 16.2. The summed E-state index contributed by atoms with van der Waals surface area (Å²) in [6.45, 7) is 12.2. The zero-order chi connectivity index (χ0) is 12.0. The number of nitrogens with one attached hydrogen (secondary N) is 1. The van der Waals surface area contributed by atoms with Gasteiger partial charge in [0.05, 0.1) is 0 Å². The highest BCUT2D eigenvalue weighted by Crippen LogP contribution is 2.08. The maximum Gasteiger partial charge on any atom is 0.317 e. The van der Waals surface area contributed by atoms with E-state index in [4.69, 9.17) is 0 Å². The van der Waals surface area contributed by atoms with Gasteiger partial charge in [-0.05, 0) is 13.3 Å². The third kappa shape index (κ3) is 3.52. The molecular formula is C12H23N3O. The summed E-state index contributed by atoms with van der Waals surface area (Å²) in [5, 5.41) is 2.81. The quantitative estimate of drug-likeness (QED) is 0.732. The lowest BCUT2D eigenvalue weighted by atomic mass is 10.2. The van der Waals surface area contributed by atoms with Crippen molar-refractivity contribution >= 4 is 6.03 Å². The van der Waals surface area contributed by atoms with Gasteiger partial charge in [-0.15, -0.1) is 6.58 Å². The fraction of sp³-hybridized carbons (Fsp3) is 0.750. The molecule has 16 heavy (non-hydrogen) atoms. The van der Waals surface area contributed by atoms with Crippen LogP contribution in [0.2, 0.25) is 0 Å². The summed E-state index contributed by atoms with van der Waals surface area (Å²) in [7, 11) is 0. The van der Waals surface area contributed by atoms with Crippen molar-refractivity contribution in [2.75, 3.05) is 32.7 Å². The Kier molecular flexibility index (Phi) is 5.32. The minimum absolute atomic E-state index is 0.0312. The second-order valence-corrected chi connectivity index (χ2v) is 4.26. The lowest BCUT2D eigenvalue weighted by Crippen LogP contribution is -2.53. The minimum Gasteiger partial charge on any atom is -0.335 e. The van der Waals surface area contributed by atoms with Crippen molar-refractivity contribution in [1.29, 1.82) is 0 Å². The molecule has 1 saturated heterocycles. The number of nitrogens with zero attached hydrogens (tertiary/aromatic N) is 2. The van der Waals surface area contributed by atoms with Crippen LogP contribution in [0.3, 0.4) is 0 Å². The van der Waals surface area contributed by atoms with Crippen molar-refractivity contribution < 1.29 is 4.79 Å². The highest BCUT2D eigenvalue weighted by molar-refractivity contribution is 5.74. The number of amides is 2. The molecule has 4 heteroatoms. The van der Waals surface area contributed by atoms with E-state index in [2.05, 4.69) is 30.6 Å². The van der Waals surface area contributed by atoms with E-state index in [0.717, 1.165) is 26.2 Å². The summed E-state index contributed by atoms with van der Waals surface area (Å²) in [6, 6.07) is 0.655. The predicted molar refractivity (Wildman–Crippen MR) is 66.5 cm³/mol. The summed E-state index contributed by atoms with van der Waals surface area (Å²) in [5.74, 6) is 0. The van der Waals surface area contributed by atoms with Crippen LogP contribution >= 0.6 is 0 Å². The van der Waals surface area contributed by atoms with Gasteiger partial charge in [-0.2, -0.15) is 0 Å². The third-order valence-electron chi connectivity index (χ3n) is 3.21. The fourth-order valence-electron chi connectivity index (χ4n) is 1.90. The summed E-state index contributed by atoms with van der Waals surface area (Å²) in [5.41, 5.74) is 0. The topological polar surface area (TPSA) is 35.6 Å². The molecular weight excluding hydrogens is 202 g/mol. The van der Waals surface area contributed by atoms with Crippen LogP contribution in [0.15, 0.2) is 12.7 Å². The normalized spacial score (nSPS) is 19.2. The average molecular weight is 225 g/mol. The van der Waals surface area contributed by atoms with Crippen molar-refractivity contribution in [1.82, 2.24) is 15.1 Å². The van der Waals surface area contributed by atoms with Crippen LogP contribution in [0.4, 0.5) is 4.79 Å². The molecule has 2 amide bonds. The molecule has 1 atom stereocenters. The van der Waals surface area contributed by atoms with E-state index in [0.29, 0.717) is 12.6 Å². The van der Waals surface area contributed by atoms with Crippen molar-refractivity contribution in [3.8, 4) is 0 Å². The first kappa shape index (κ1) is 13.0. The highest BCUT2D eigenvalue weighted by Gasteiger charge is 2.22. The first-order valence-corrected chi connectivity index (χ1v) is 6.06. The SMILES string of the molecule is C=CCNC(=O)N1CCN(C(C)CC)CC1. The molecule has 1 aliphatic heterocycles. The van der Waals surface area contributed by atoms with E-state index < -0.39 is 0 Å². The molecule has 0 radical (unpaired) electrons. The Hall–Kier alpha value is -1.03. The van der Waals surface area contributed by atoms with E-state index in [1.807, 2.05) is 4.90 Å². The first-order chi connectivity index (χ1) is 7.69. The number of carbonyl (C=O) groups excluding carboxylic acids is 1. The number of piperazine rings is 1. The standard InChI is InChI=1S/C12H23N3O/c1-4-6-13-12(16)15-9-7-14(8-10-15)11(3)5-2/h4,11H,1,5-10H2,2-3H3,(H,13,16). The lowest BCUT2D eigenvalue weighted by Gasteiger charge is -2.37. The van der Waals surface area contributed by atoms with Crippen LogP contribution in [-0.2, 0) is 0 Å². The monoisotopic (exact) mass is 225 g/mol. The van der Waals surface area contributed by atoms with Crippen LogP contribution in [0.1, 0.15) is 20.3 Å². The third-order valence-corrected chi connectivity index (χ3v) is 3.21. The number of carbonyl (C=O) groups is 1. The molecule has 1 rings (SSSR count). The molecule has 0 aromatic heterocycles. The summed E-state index contributed by atoms with van der Waals surface area (Å²) < 4.78 is 0. The maximum absolute atomic E-state index is 11.7. The zero-order valence-electron chi connectivity index (χ0n) is 10.4. The Morgan fingerprint density at radius 2 is 2.06 bits per heavy atom. The van der Waals surface area contributed by atoms with Gasteiger partial charge in [0.2, 0.25) is 0 Å². The molecule has 92 valence electrons. The molecule has 1 heterocycles. The molecule has 1 unspecified atom stereocenters. The van der Waals surface area contributed by atoms with Gasteiger partial charge in [0, 0.05) is 38.8 Å². The molecule has 1 fully saturated rings. The van der Waals surface area contributed by atoms with Gasteiger partial charge in [-0.25, -0.2) is 4.79 Å². The lowest BCUT2D eigenvalue weighted by molar-refractivity contribution is 0.112. The largest absolute Gasteiger partial charge is 0.335 e. The van der Waals surface area contributed by atoms with Crippen LogP contribution in [0, 0.1) is 0 Å². The molecule has 0 aliphatic carbocycles. The van der Waals surface area contributed by atoms with Gasteiger partial charge in [-0.1, -0.05) is 13.0 Å². The molecule has 4 nitrogen and oxygen atoms in total. The second-order valence-electron chi connectivity index (χ2n) is 4.26. The predicted octanol–water partition coefficient (Wildman–Crippen LogP) is 1.30. The second kappa shape index (κ2) is 6.53. The van der Waals surface area contributed by atoms with Crippen molar-refractivity contribution in [3.63, 3.8) is 0 Å². The Morgan fingerprint density at radius 1 is 1.44 bits per heavy atom. The molecule has 0 bridgehead atoms. The molecule has 1 N–H and O–H groups in total. The summed E-state index contributed by atoms with van der Waals surface area (Å²) in [6.07, 6.45) is 2.87. The van der Waals surface area contributed by atoms with E-state index in [-0.39, 0.29) is 6.03 Å². The van der Waals surface area contributed by atoms with Crippen LogP contribution < -0.4 is 5.32 Å². The Balaban J connectivity index is 2.31. The molecule has 1 aliphatic rings. The Morgan fingerprint density at radius 3 is 2.56 bits per heavy atom. The maximum atomic E-state index is 11.7. The zero-order valence-corrected chi connectivity index (χ0v) is 10.4. The van der Waals surface area contributed by atoms with E-state index >= 15 is 0 Å². The van der Waals surface area contributed by atoms with E-state index in [9.17, 15) is 4.79 Å². The smallest absolute Gasteiger partial charge is 0.317 e. The first-order valence-electron chi connectivity index (χ1n) is 6.06. The van der Waals surface area contributed by atoms with Gasteiger partial charge in [0.15, 0.2) is 0 Å². The van der Waals surface area contributed by atoms with Gasteiger partial charge >= 0.3 is 6.03 Å².